The highest BCUT2D eigenvalue weighted by molar-refractivity contribution is 5.78. The summed E-state index contributed by atoms with van der Waals surface area (Å²) < 4.78 is 5.66. The number of hydrogen-bond acceptors (Lipinski definition) is 5. The normalized spacial score (nSPS) is 18.4. The van der Waals surface area contributed by atoms with Crippen molar-refractivity contribution in [1.82, 2.24) is 19.9 Å². The van der Waals surface area contributed by atoms with Gasteiger partial charge in [0, 0.05) is 43.3 Å². The van der Waals surface area contributed by atoms with Crippen molar-refractivity contribution in [2.75, 3.05) is 26.3 Å². The van der Waals surface area contributed by atoms with Gasteiger partial charge in [0.2, 0.25) is 5.91 Å². The lowest BCUT2D eigenvalue weighted by molar-refractivity contribution is -0.130. The number of nitrogens with zero attached hydrogens (tertiary/aromatic N) is 4. The molecule has 0 aliphatic carbocycles. The van der Waals surface area contributed by atoms with E-state index < -0.39 is 0 Å². The van der Waals surface area contributed by atoms with Gasteiger partial charge in [0.25, 0.3) is 0 Å². The van der Waals surface area contributed by atoms with Crippen molar-refractivity contribution in [1.29, 1.82) is 0 Å². The van der Waals surface area contributed by atoms with E-state index in [-0.39, 0.29) is 11.8 Å². The first-order valence-corrected chi connectivity index (χ1v) is 7.80. The minimum Gasteiger partial charge on any atom is -0.379 e. The smallest absolute Gasteiger partial charge is 0.227 e. The molecule has 3 heterocycles. The van der Waals surface area contributed by atoms with Crippen LogP contribution in [0.3, 0.4) is 0 Å². The van der Waals surface area contributed by atoms with E-state index in [4.69, 9.17) is 4.74 Å². The molecule has 0 bridgehead atoms. The van der Waals surface area contributed by atoms with Crippen molar-refractivity contribution in [2.24, 2.45) is 5.92 Å². The average molecular weight is 312 g/mol. The molecule has 6 nitrogen and oxygen atoms in total. The van der Waals surface area contributed by atoms with E-state index in [1.54, 1.807) is 24.9 Å². The van der Waals surface area contributed by atoms with Gasteiger partial charge in [0.05, 0.1) is 19.6 Å². The van der Waals surface area contributed by atoms with E-state index in [2.05, 4.69) is 15.0 Å². The predicted molar refractivity (Wildman–Crippen MR) is 84.6 cm³/mol. The molecule has 1 amide bonds. The molecular weight excluding hydrogens is 292 g/mol. The van der Waals surface area contributed by atoms with Crippen LogP contribution >= 0.6 is 0 Å². The Morgan fingerprint density at radius 2 is 2.26 bits per heavy atom. The van der Waals surface area contributed by atoms with Gasteiger partial charge in [-0.25, -0.2) is 9.97 Å². The monoisotopic (exact) mass is 312 g/mol. The number of amides is 1. The molecule has 0 aromatic carbocycles. The van der Waals surface area contributed by atoms with Crippen LogP contribution in [-0.2, 0) is 22.4 Å². The van der Waals surface area contributed by atoms with Gasteiger partial charge < -0.3 is 9.64 Å². The summed E-state index contributed by atoms with van der Waals surface area (Å²) in [6.07, 6.45) is 7.92. The summed E-state index contributed by atoms with van der Waals surface area (Å²) in [4.78, 5) is 26.7. The van der Waals surface area contributed by atoms with Crippen LogP contribution in [0.5, 0.6) is 0 Å². The second-order valence-electron chi connectivity index (χ2n) is 5.72. The zero-order valence-corrected chi connectivity index (χ0v) is 13.0. The van der Waals surface area contributed by atoms with Crippen LogP contribution in [-0.4, -0.2) is 52.1 Å². The Labute approximate surface area is 135 Å². The number of pyridine rings is 1. The molecule has 1 saturated heterocycles. The number of ether oxygens (including phenoxy) is 1. The van der Waals surface area contributed by atoms with Crippen LogP contribution < -0.4 is 0 Å². The van der Waals surface area contributed by atoms with Crippen molar-refractivity contribution in [3.8, 4) is 0 Å². The Bertz CT molecular complexity index is 621. The van der Waals surface area contributed by atoms with Gasteiger partial charge >= 0.3 is 0 Å². The summed E-state index contributed by atoms with van der Waals surface area (Å²) in [6.45, 7) is 2.57. The van der Waals surface area contributed by atoms with Crippen LogP contribution in [0.2, 0.25) is 0 Å². The first-order valence-electron chi connectivity index (χ1n) is 7.80. The van der Waals surface area contributed by atoms with E-state index in [1.807, 2.05) is 23.1 Å². The molecular formula is C17H20N4O2. The van der Waals surface area contributed by atoms with Crippen LogP contribution in [0.1, 0.15) is 11.3 Å². The second-order valence-corrected chi connectivity index (χ2v) is 5.72. The quantitative estimate of drug-likeness (QED) is 0.846. The maximum atomic E-state index is 12.5. The largest absolute Gasteiger partial charge is 0.379 e. The van der Waals surface area contributed by atoms with Gasteiger partial charge in [0.15, 0.2) is 0 Å². The van der Waals surface area contributed by atoms with E-state index in [0.717, 1.165) is 17.7 Å². The molecule has 2 aromatic heterocycles. The lowest BCUT2D eigenvalue weighted by Crippen LogP contribution is -2.37. The van der Waals surface area contributed by atoms with Crippen LogP contribution in [0.25, 0.3) is 0 Å². The molecule has 0 radical (unpaired) electrons. The summed E-state index contributed by atoms with van der Waals surface area (Å²) >= 11 is 0. The molecule has 2 aromatic rings. The highest BCUT2D eigenvalue weighted by Crippen LogP contribution is 2.13. The molecule has 1 aliphatic rings. The van der Waals surface area contributed by atoms with Crippen LogP contribution in [0.4, 0.5) is 0 Å². The molecule has 0 saturated carbocycles. The van der Waals surface area contributed by atoms with Gasteiger partial charge in [0.1, 0.15) is 6.33 Å². The van der Waals surface area contributed by atoms with E-state index >= 15 is 0 Å². The standard InChI is InChI=1S/C17H20N4O2/c22-17(9-14-2-1-4-18-10-14)21-6-7-23-12-15(11-21)8-16-3-5-19-13-20-16/h1-5,10,13,15H,6-9,11-12H2/t15-/m0/s1. The number of carbonyl (C=O) groups excluding carboxylic acids is 1. The molecule has 1 fully saturated rings. The SMILES string of the molecule is O=C(Cc1cccnc1)N1CCOC[C@@H](Cc2ccncn2)C1. The molecule has 0 unspecified atom stereocenters. The molecule has 120 valence electrons. The zero-order valence-electron chi connectivity index (χ0n) is 13.0. The lowest BCUT2D eigenvalue weighted by Gasteiger charge is -2.23. The summed E-state index contributed by atoms with van der Waals surface area (Å²) in [7, 11) is 0. The van der Waals surface area contributed by atoms with Crippen LogP contribution in [0.15, 0.2) is 43.1 Å². The number of rotatable bonds is 4. The third kappa shape index (κ3) is 4.56. The molecule has 23 heavy (non-hydrogen) atoms. The maximum absolute atomic E-state index is 12.5. The van der Waals surface area contributed by atoms with Gasteiger partial charge in [-0.3, -0.25) is 9.78 Å². The summed E-state index contributed by atoms with van der Waals surface area (Å²) in [5, 5.41) is 0. The molecule has 1 aliphatic heterocycles. The van der Waals surface area contributed by atoms with E-state index in [1.165, 1.54) is 0 Å². The zero-order chi connectivity index (χ0) is 15.9. The minimum absolute atomic E-state index is 0.121. The van der Waals surface area contributed by atoms with Crippen molar-refractivity contribution in [2.45, 2.75) is 12.8 Å². The van der Waals surface area contributed by atoms with Crippen molar-refractivity contribution >= 4 is 5.91 Å². The molecule has 0 spiro atoms. The fourth-order valence-corrected chi connectivity index (χ4v) is 2.75. The first kappa shape index (κ1) is 15.6. The highest BCUT2D eigenvalue weighted by atomic mass is 16.5. The third-order valence-corrected chi connectivity index (χ3v) is 3.91. The summed E-state index contributed by atoms with van der Waals surface area (Å²) in [6, 6.07) is 5.69. The topological polar surface area (TPSA) is 68.2 Å². The van der Waals surface area contributed by atoms with Crippen LogP contribution in [0, 0.1) is 5.92 Å². The Balaban J connectivity index is 1.61. The highest BCUT2D eigenvalue weighted by Gasteiger charge is 2.23. The molecule has 3 rings (SSSR count). The Kier molecular flexibility index (Phi) is 5.26. The number of hydrogen-bond donors (Lipinski definition) is 0. The minimum atomic E-state index is 0.121. The van der Waals surface area contributed by atoms with Crippen molar-refractivity contribution in [3.05, 3.63) is 54.4 Å². The van der Waals surface area contributed by atoms with Gasteiger partial charge in [-0.2, -0.15) is 0 Å². The van der Waals surface area contributed by atoms with Gasteiger partial charge in [-0.05, 0) is 24.1 Å². The van der Waals surface area contributed by atoms with Gasteiger partial charge in [-0.15, -0.1) is 0 Å². The predicted octanol–water partition coefficient (Wildman–Crippen LogP) is 1.13. The average Bonchev–Trinajstić information content (AvgIpc) is 2.82. The Morgan fingerprint density at radius 3 is 3.04 bits per heavy atom. The first-order chi connectivity index (χ1) is 11.3. The summed E-state index contributed by atoms with van der Waals surface area (Å²) in [5.41, 5.74) is 1.92. The van der Waals surface area contributed by atoms with E-state index in [9.17, 15) is 4.79 Å². The fraction of sp³-hybridized carbons (Fsp3) is 0.412. The molecule has 1 atom stereocenters. The Hall–Kier alpha value is -2.34. The summed E-state index contributed by atoms with van der Waals surface area (Å²) in [5.74, 6) is 0.376. The number of carbonyl (C=O) groups is 1. The maximum Gasteiger partial charge on any atom is 0.227 e. The fourth-order valence-electron chi connectivity index (χ4n) is 2.75. The molecule has 0 N–H and O–H groups in total. The van der Waals surface area contributed by atoms with E-state index in [0.29, 0.717) is 32.7 Å². The van der Waals surface area contributed by atoms with Crippen molar-refractivity contribution in [3.63, 3.8) is 0 Å². The second kappa shape index (κ2) is 7.78. The van der Waals surface area contributed by atoms with Gasteiger partial charge in [-0.1, -0.05) is 6.07 Å². The third-order valence-electron chi connectivity index (χ3n) is 3.91. The Morgan fingerprint density at radius 1 is 1.30 bits per heavy atom. The van der Waals surface area contributed by atoms with Crippen molar-refractivity contribution < 1.29 is 9.53 Å². The molecule has 6 heteroatoms. The number of aromatic nitrogens is 3. The lowest BCUT2D eigenvalue weighted by atomic mass is 10.0.